The van der Waals surface area contributed by atoms with Crippen molar-refractivity contribution in [2.75, 3.05) is 6.54 Å². The molecule has 0 radical (unpaired) electrons. The average molecular weight is 401 g/mol. The van der Waals surface area contributed by atoms with E-state index in [1.807, 2.05) is 7.05 Å². The van der Waals surface area contributed by atoms with Crippen molar-refractivity contribution in [2.45, 2.75) is 6.04 Å². The highest BCUT2D eigenvalue weighted by Gasteiger charge is 2.21. The first-order valence-electron chi connectivity index (χ1n) is 8.50. The maximum Gasteiger partial charge on any atom is 0.251 e. The molecule has 1 atom stereocenters. The third-order valence-corrected chi connectivity index (χ3v) is 4.39. The standard InChI is InChI=1S/C20H18ClFN4O2/c1-26-11-10-23-19(26)18(13-2-6-15(21)7-3-13)25-17(27)12-24-20(28)14-4-8-16(22)9-5-14/h2-11,18H,12H2,1H3,(H,24,28)(H,25,27)/t18-/m0/s1. The first-order chi connectivity index (χ1) is 13.4. The molecule has 3 rings (SSSR count). The second-order valence-corrected chi connectivity index (χ2v) is 6.57. The fourth-order valence-electron chi connectivity index (χ4n) is 2.68. The predicted molar refractivity (Wildman–Crippen MR) is 103 cm³/mol. The maximum atomic E-state index is 12.9. The molecular weight excluding hydrogens is 383 g/mol. The van der Waals surface area contributed by atoms with E-state index in [-0.39, 0.29) is 12.1 Å². The summed E-state index contributed by atoms with van der Waals surface area (Å²) in [5.41, 5.74) is 1.07. The zero-order valence-electron chi connectivity index (χ0n) is 15.0. The van der Waals surface area contributed by atoms with Gasteiger partial charge in [-0.3, -0.25) is 9.59 Å². The van der Waals surface area contributed by atoms with E-state index in [9.17, 15) is 14.0 Å². The van der Waals surface area contributed by atoms with Gasteiger partial charge in [0.2, 0.25) is 5.91 Å². The summed E-state index contributed by atoms with van der Waals surface area (Å²) < 4.78 is 14.8. The van der Waals surface area contributed by atoms with Gasteiger partial charge < -0.3 is 15.2 Å². The Balaban J connectivity index is 1.69. The van der Waals surface area contributed by atoms with Crippen LogP contribution in [-0.4, -0.2) is 27.9 Å². The van der Waals surface area contributed by atoms with E-state index < -0.39 is 23.7 Å². The van der Waals surface area contributed by atoms with Crippen molar-refractivity contribution in [3.8, 4) is 0 Å². The highest BCUT2D eigenvalue weighted by molar-refractivity contribution is 6.30. The Bertz CT molecular complexity index is 971. The number of hydrogen-bond donors (Lipinski definition) is 2. The molecule has 1 heterocycles. The van der Waals surface area contributed by atoms with E-state index >= 15 is 0 Å². The summed E-state index contributed by atoms with van der Waals surface area (Å²) in [6, 6.07) is 11.6. The molecule has 0 aliphatic heterocycles. The van der Waals surface area contributed by atoms with Crippen LogP contribution in [0.3, 0.4) is 0 Å². The van der Waals surface area contributed by atoms with Crippen molar-refractivity contribution in [1.82, 2.24) is 20.2 Å². The average Bonchev–Trinajstić information content (AvgIpc) is 3.11. The second kappa shape index (κ2) is 8.67. The Morgan fingerprint density at radius 2 is 1.82 bits per heavy atom. The van der Waals surface area contributed by atoms with E-state index in [2.05, 4.69) is 15.6 Å². The fraction of sp³-hybridized carbons (Fsp3) is 0.150. The highest BCUT2D eigenvalue weighted by atomic mass is 35.5. The van der Waals surface area contributed by atoms with Crippen LogP contribution in [0.25, 0.3) is 0 Å². The minimum atomic E-state index is -0.507. The second-order valence-electron chi connectivity index (χ2n) is 6.14. The molecule has 0 fully saturated rings. The number of hydrogen-bond acceptors (Lipinski definition) is 3. The van der Waals surface area contributed by atoms with Crippen LogP contribution < -0.4 is 10.6 Å². The topological polar surface area (TPSA) is 76.0 Å². The Kier molecular flexibility index (Phi) is 6.06. The summed E-state index contributed by atoms with van der Waals surface area (Å²) in [7, 11) is 1.83. The van der Waals surface area contributed by atoms with Gasteiger partial charge in [-0.1, -0.05) is 23.7 Å². The minimum Gasteiger partial charge on any atom is -0.343 e. The van der Waals surface area contributed by atoms with Gasteiger partial charge in [0.05, 0.1) is 6.54 Å². The molecule has 144 valence electrons. The third-order valence-electron chi connectivity index (χ3n) is 4.14. The Hall–Kier alpha value is -3.19. The molecule has 2 aromatic carbocycles. The van der Waals surface area contributed by atoms with Crippen molar-refractivity contribution in [2.24, 2.45) is 7.05 Å². The van der Waals surface area contributed by atoms with Gasteiger partial charge in [0, 0.05) is 30.0 Å². The van der Waals surface area contributed by atoms with Crippen molar-refractivity contribution >= 4 is 23.4 Å². The van der Waals surface area contributed by atoms with Crippen molar-refractivity contribution < 1.29 is 14.0 Å². The smallest absolute Gasteiger partial charge is 0.251 e. The molecule has 0 saturated carbocycles. The molecule has 0 aliphatic carbocycles. The quantitative estimate of drug-likeness (QED) is 0.668. The van der Waals surface area contributed by atoms with E-state index in [4.69, 9.17) is 11.6 Å². The minimum absolute atomic E-state index is 0.231. The van der Waals surface area contributed by atoms with Crippen molar-refractivity contribution in [3.63, 3.8) is 0 Å². The summed E-state index contributed by atoms with van der Waals surface area (Å²) in [5, 5.41) is 5.98. The van der Waals surface area contributed by atoms with Crippen molar-refractivity contribution in [1.29, 1.82) is 0 Å². The van der Waals surface area contributed by atoms with Crippen LogP contribution in [0.5, 0.6) is 0 Å². The summed E-state index contributed by atoms with van der Waals surface area (Å²) in [4.78, 5) is 28.8. The zero-order chi connectivity index (χ0) is 20.1. The van der Waals surface area contributed by atoms with E-state index in [1.54, 1.807) is 41.2 Å². The van der Waals surface area contributed by atoms with Crippen LogP contribution in [0.2, 0.25) is 5.02 Å². The highest BCUT2D eigenvalue weighted by Crippen LogP contribution is 2.22. The Morgan fingerprint density at radius 3 is 2.43 bits per heavy atom. The summed E-state index contributed by atoms with van der Waals surface area (Å²) in [6.45, 7) is -0.231. The summed E-state index contributed by atoms with van der Waals surface area (Å²) >= 11 is 5.95. The molecule has 1 aromatic heterocycles. The van der Waals surface area contributed by atoms with Gasteiger partial charge in [0.15, 0.2) is 0 Å². The number of benzene rings is 2. The van der Waals surface area contributed by atoms with Gasteiger partial charge in [0.1, 0.15) is 17.7 Å². The monoisotopic (exact) mass is 400 g/mol. The van der Waals surface area contributed by atoms with Gasteiger partial charge in [-0.15, -0.1) is 0 Å². The lowest BCUT2D eigenvalue weighted by Crippen LogP contribution is -2.39. The lowest BCUT2D eigenvalue weighted by Gasteiger charge is -2.19. The molecule has 0 bridgehead atoms. The first kappa shape index (κ1) is 19.6. The maximum absolute atomic E-state index is 12.9. The number of aryl methyl sites for hydroxylation is 1. The lowest BCUT2D eigenvalue weighted by atomic mass is 10.1. The van der Waals surface area contributed by atoms with Crippen LogP contribution in [0.15, 0.2) is 60.9 Å². The van der Waals surface area contributed by atoms with Crippen LogP contribution in [0.1, 0.15) is 27.8 Å². The number of carbonyl (C=O) groups is 2. The molecule has 0 saturated heterocycles. The summed E-state index contributed by atoms with van der Waals surface area (Å²) in [5.74, 6) is -0.649. The third kappa shape index (κ3) is 4.75. The number of nitrogens with one attached hydrogen (secondary N) is 2. The van der Waals surface area contributed by atoms with Gasteiger partial charge in [-0.25, -0.2) is 9.37 Å². The van der Waals surface area contributed by atoms with Crippen LogP contribution in [-0.2, 0) is 11.8 Å². The first-order valence-corrected chi connectivity index (χ1v) is 8.87. The van der Waals surface area contributed by atoms with E-state index in [1.165, 1.54) is 24.3 Å². The van der Waals surface area contributed by atoms with E-state index in [0.717, 1.165) is 5.56 Å². The molecular formula is C20H18ClFN4O2. The van der Waals surface area contributed by atoms with Gasteiger partial charge in [-0.2, -0.15) is 0 Å². The van der Waals surface area contributed by atoms with Gasteiger partial charge in [0.25, 0.3) is 5.91 Å². The lowest BCUT2D eigenvalue weighted by molar-refractivity contribution is -0.120. The molecule has 0 aliphatic rings. The number of nitrogens with zero attached hydrogens (tertiary/aromatic N) is 2. The zero-order valence-corrected chi connectivity index (χ0v) is 15.8. The molecule has 8 heteroatoms. The predicted octanol–water partition coefficient (Wildman–Crippen LogP) is 2.85. The molecule has 0 unspecified atom stereocenters. The fourth-order valence-corrected chi connectivity index (χ4v) is 2.81. The molecule has 2 amide bonds. The van der Waals surface area contributed by atoms with Gasteiger partial charge >= 0.3 is 0 Å². The number of aromatic nitrogens is 2. The Morgan fingerprint density at radius 1 is 1.14 bits per heavy atom. The van der Waals surface area contributed by atoms with Gasteiger partial charge in [-0.05, 0) is 42.0 Å². The normalized spacial score (nSPS) is 11.7. The Labute approximate surface area is 166 Å². The van der Waals surface area contributed by atoms with E-state index in [0.29, 0.717) is 10.8 Å². The number of imidazole rings is 1. The van der Waals surface area contributed by atoms with Crippen LogP contribution in [0, 0.1) is 5.82 Å². The van der Waals surface area contributed by atoms with Crippen LogP contribution >= 0.6 is 11.6 Å². The molecule has 3 aromatic rings. The largest absolute Gasteiger partial charge is 0.343 e. The number of carbonyl (C=O) groups excluding carboxylic acids is 2. The summed E-state index contributed by atoms with van der Waals surface area (Å²) in [6.07, 6.45) is 3.42. The molecule has 0 spiro atoms. The van der Waals surface area contributed by atoms with Crippen LogP contribution in [0.4, 0.5) is 4.39 Å². The SMILES string of the molecule is Cn1ccnc1[C@@H](NC(=O)CNC(=O)c1ccc(F)cc1)c1ccc(Cl)cc1. The number of rotatable bonds is 6. The molecule has 6 nitrogen and oxygen atoms in total. The van der Waals surface area contributed by atoms with Crippen molar-refractivity contribution in [3.05, 3.63) is 88.7 Å². The number of halogens is 2. The molecule has 28 heavy (non-hydrogen) atoms. The number of amides is 2. The molecule has 2 N–H and O–H groups in total.